The van der Waals surface area contributed by atoms with Crippen LogP contribution >= 0.6 is 0 Å². The van der Waals surface area contributed by atoms with Gasteiger partial charge < -0.3 is 0 Å². The minimum Gasteiger partial charge on any atom is -0.208 e. The first kappa shape index (κ1) is 27.1. The van der Waals surface area contributed by atoms with Crippen molar-refractivity contribution in [2.75, 3.05) is 0 Å². The van der Waals surface area contributed by atoms with Crippen LogP contribution in [-0.4, -0.2) is 23.0 Å². The molecule has 0 fully saturated rings. The van der Waals surface area contributed by atoms with E-state index >= 15 is 0 Å². The molecule has 0 amide bonds. The predicted octanol–water partition coefficient (Wildman–Crippen LogP) is 9.01. The van der Waals surface area contributed by atoms with Crippen LogP contribution in [0.4, 0.5) is 0 Å². The second-order valence-electron chi connectivity index (χ2n) is 12.1. The molecule has 7 aromatic rings. The Hall–Kier alpha value is -5.45. The van der Waals surface area contributed by atoms with Crippen LogP contribution in [0, 0.1) is 0 Å². The Labute approximate surface area is 265 Å². The number of hydrogen-bond donors (Lipinski definition) is 0. The molecule has 6 aromatic carbocycles. The van der Waals surface area contributed by atoms with E-state index in [1.807, 2.05) is 12.1 Å². The molecule has 8 rings (SSSR count). The van der Waals surface area contributed by atoms with Crippen molar-refractivity contribution in [3.05, 3.63) is 152 Å². The predicted molar refractivity (Wildman–Crippen MR) is 189 cm³/mol. The average Bonchev–Trinajstić information content (AvgIpc) is 3.34. The van der Waals surface area contributed by atoms with Gasteiger partial charge in [-0.2, -0.15) is 0 Å². The Bertz CT molecular complexity index is 2170. The highest BCUT2D eigenvalue weighted by molar-refractivity contribution is 7.03. The molecule has 0 atom stereocenters. The number of benzene rings is 6. The molecule has 2 heterocycles. The monoisotopic (exact) mass is 593 g/mol. The summed E-state index contributed by atoms with van der Waals surface area (Å²) in [6.45, 7) is 4.88. The minimum absolute atomic E-state index is 0.662. The summed E-state index contributed by atoms with van der Waals surface area (Å²) < 4.78 is 0. The maximum absolute atomic E-state index is 5.11. The van der Waals surface area contributed by atoms with Gasteiger partial charge in [0, 0.05) is 16.7 Å². The van der Waals surface area contributed by atoms with Crippen molar-refractivity contribution < 1.29 is 0 Å². The van der Waals surface area contributed by atoms with E-state index in [0.717, 1.165) is 33.4 Å². The Balaban J connectivity index is 1.27. The first-order chi connectivity index (χ1) is 22.0. The van der Waals surface area contributed by atoms with E-state index in [1.165, 1.54) is 27.1 Å². The van der Waals surface area contributed by atoms with E-state index in [9.17, 15) is 0 Å². The molecule has 1 aromatic heterocycles. The van der Waals surface area contributed by atoms with E-state index < -0.39 is 8.07 Å². The van der Waals surface area contributed by atoms with Crippen LogP contribution in [0.1, 0.15) is 0 Å². The maximum Gasteiger partial charge on any atom is 0.164 e. The van der Waals surface area contributed by atoms with Gasteiger partial charge in [-0.3, -0.25) is 0 Å². The van der Waals surface area contributed by atoms with Gasteiger partial charge in [0.15, 0.2) is 17.5 Å². The van der Waals surface area contributed by atoms with Crippen LogP contribution in [0.2, 0.25) is 13.1 Å². The molecule has 45 heavy (non-hydrogen) atoms. The summed E-state index contributed by atoms with van der Waals surface area (Å²) in [7, 11) is -1.76. The molecule has 0 unspecified atom stereocenters. The maximum atomic E-state index is 5.11. The molecule has 1 aliphatic rings. The third-order valence-electron chi connectivity index (χ3n) is 8.96. The highest BCUT2D eigenvalue weighted by Crippen LogP contribution is 2.33. The first-order valence-electron chi connectivity index (χ1n) is 15.4. The second-order valence-corrected chi connectivity index (χ2v) is 16.5. The van der Waals surface area contributed by atoms with Gasteiger partial charge in [0.25, 0.3) is 0 Å². The fourth-order valence-corrected chi connectivity index (χ4v) is 9.61. The zero-order valence-electron chi connectivity index (χ0n) is 25.3. The van der Waals surface area contributed by atoms with Crippen molar-refractivity contribution in [2.45, 2.75) is 13.1 Å². The molecule has 0 radical (unpaired) electrons. The summed E-state index contributed by atoms with van der Waals surface area (Å²) >= 11 is 0. The summed E-state index contributed by atoms with van der Waals surface area (Å²) in [5.41, 5.74) is 10.2. The standard InChI is InChI=1S/C41H31N3Si/c1-45(2)37-19-10-9-18-35(37)36-27-34(24-25-38(36)45)41-43-39(31-22-20-30(21-23-31)28-12-5-3-6-13-28)42-40(44-41)33-17-11-16-32(26-33)29-14-7-4-8-15-29/h3-27H,1-2H3. The lowest BCUT2D eigenvalue weighted by molar-refractivity contribution is 1.07. The van der Waals surface area contributed by atoms with Gasteiger partial charge >= 0.3 is 0 Å². The van der Waals surface area contributed by atoms with Gasteiger partial charge in [0.2, 0.25) is 0 Å². The molecule has 1 aliphatic heterocycles. The van der Waals surface area contributed by atoms with Gasteiger partial charge in [-0.25, -0.2) is 15.0 Å². The summed E-state index contributed by atoms with van der Waals surface area (Å²) in [4.78, 5) is 15.2. The largest absolute Gasteiger partial charge is 0.208 e. The zero-order valence-corrected chi connectivity index (χ0v) is 26.3. The summed E-state index contributed by atoms with van der Waals surface area (Å²) in [5, 5.41) is 2.96. The van der Waals surface area contributed by atoms with E-state index in [-0.39, 0.29) is 0 Å². The topological polar surface area (TPSA) is 38.7 Å². The lowest BCUT2D eigenvalue weighted by Gasteiger charge is -2.18. The molecule has 214 valence electrons. The number of aromatic nitrogens is 3. The van der Waals surface area contributed by atoms with Gasteiger partial charge in [-0.1, -0.05) is 153 Å². The molecule has 0 spiro atoms. The van der Waals surface area contributed by atoms with Crippen molar-refractivity contribution in [1.82, 2.24) is 15.0 Å². The van der Waals surface area contributed by atoms with Crippen molar-refractivity contribution in [2.24, 2.45) is 0 Å². The normalized spacial score (nSPS) is 12.8. The van der Waals surface area contributed by atoms with E-state index in [1.54, 1.807) is 0 Å². The third kappa shape index (κ3) is 4.90. The summed E-state index contributed by atoms with van der Waals surface area (Å²) in [6.07, 6.45) is 0. The van der Waals surface area contributed by atoms with E-state index in [4.69, 9.17) is 15.0 Å². The van der Waals surface area contributed by atoms with Crippen molar-refractivity contribution in [3.8, 4) is 67.5 Å². The molecule has 0 N–H and O–H groups in total. The van der Waals surface area contributed by atoms with Crippen molar-refractivity contribution in [1.29, 1.82) is 0 Å². The fraction of sp³-hybridized carbons (Fsp3) is 0.0488. The van der Waals surface area contributed by atoms with Crippen LogP contribution in [0.25, 0.3) is 67.5 Å². The van der Waals surface area contributed by atoms with E-state index in [2.05, 4.69) is 153 Å². The molecular weight excluding hydrogens is 563 g/mol. The molecule has 3 nitrogen and oxygen atoms in total. The van der Waals surface area contributed by atoms with Crippen molar-refractivity contribution >= 4 is 18.4 Å². The fourth-order valence-electron chi connectivity index (χ4n) is 6.53. The van der Waals surface area contributed by atoms with Crippen LogP contribution in [-0.2, 0) is 0 Å². The summed E-state index contributed by atoms with van der Waals surface area (Å²) in [6, 6.07) is 53.5. The Morgan fingerprint density at radius 1 is 0.333 bits per heavy atom. The summed E-state index contributed by atoms with van der Waals surface area (Å²) in [5.74, 6) is 2.00. The third-order valence-corrected chi connectivity index (χ3v) is 12.5. The molecule has 0 saturated carbocycles. The number of rotatable bonds is 5. The van der Waals surface area contributed by atoms with Gasteiger partial charge in [-0.15, -0.1) is 0 Å². The Kier molecular flexibility index (Phi) is 6.58. The average molecular weight is 594 g/mol. The quantitative estimate of drug-likeness (QED) is 0.187. The second kappa shape index (κ2) is 10.9. The van der Waals surface area contributed by atoms with E-state index in [0.29, 0.717) is 17.5 Å². The van der Waals surface area contributed by atoms with Gasteiger partial charge in [0.1, 0.15) is 8.07 Å². The smallest absolute Gasteiger partial charge is 0.164 e. The number of fused-ring (bicyclic) bond motifs is 3. The molecule has 4 heteroatoms. The zero-order chi connectivity index (χ0) is 30.4. The molecular formula is C41H31N3Si. The van der Waals surface area contributed by atoms with Crippen molar-refractivity contribution in [3.63, 3.8) is 0 Å². The Morgan fingerprint density at radius 2 is 0.778 bits per heavy atom. The van der Waals surface area contributed by atoms with Gasteiger partial charge in [-0.05, 0) is 55.9 Å². The minimum atomic E-state index is -1.76. The lowest BCUT2D eigenvalue weighted by atomic mass is 10.0. The molecule has 0 saturated heterocycles. The van der Waals surface area contributed by atoms with Gasteiger partial charge in [0.05, 0.1) is 0 Å². The first-order valence-corrected chi connectivity index (χ1v) is 18.4. The highest BCUT2D eigenvalue weighted by Gasteiger charge is 2.37. The van der Waals surface area contributed by atoms with Crippen LogP contribution in [0.3, 0.4) is 0 Å². The number of hydrogen-bond acceptors (Lipinski definition) is 3. The van der Waals surface area contributed by atoms with Crippen LogP contribution < -0.4 is 10.4 Å². The lowest BCUT2D eigenvalue weighted by Crippen LogP contribution is -2.49. The highest BCUT2D eigenvalue weighted by atomic mass is 28.3. The number of nitrogens with zero attached hydrogens (tertiary/aromatic N) is 3. The SMILES string of the molecule is C[Si]1(C)c2ccccc2-c2cc(-c3nc(-c4ccc(-c5ccccc5)cc4)nc(-c4cccc(-c5ccccc5)c4)n3)ccc21. The molecule has 0 bridgehead atoms. The van der Waals surface area contributed by atoms with Crippen LogP contribution in [0.15, 0.2) is 152 Å². The Morgan fingerprint density at radius 3 is 1.47 bits per heavy atom. The van der Waals surface area contributed by atoms with Crippen LogP contribution in [0.5, 0.6) is 0 Å². The molecule has 0 aliphatic carbocycles.